The molecule has 2 aromatic heterocycles. The Morgan fingerprint density at radius 2 is 2.19 bits per heavy atom. The minimum atomic E-state index is -0.237. The highest BCUT2D eigenvalue weighted by atomic mass is 16.3. The van der Waals surface area contributed by atoms with E-state index in [4.69, 9.17) is 5.11 Å². The van der Waals surface area contributed by atoms with Crippen molar-refractivity contribution < 1.29 is 9.90 Å². The van der Waals surface area contributed by atoms with Gasteiger partial charge in [0.15, 0.2) is 0 Å². The number of hydrogen-bond donors (Lipinski definition) is 3. The molecule has 1 aliphatic heterocycles. The molecule has 1 atom stereocenters. The van der Waals surface area contributed by atoms with Gasteiger partial charge in [-0.05, 0) is 31.1 Å². The number of nitrogens with one attached hydrogen (secondary N) is 2. The number of hydrogen-bond acceptors (Lipinski definition) is 6. The molecule has 0 radical (unpaired) electrons. The molecule has 2 aromatic rings. The molecule has 3 N–H and O–H groups in total. The lowest BCUT2D eigenvalue weighted by atomic mass is 10.1. The van der Waals surface area contributed by atoms with Crippen LogP contribution in [0.2, 0.25) is 0 Å². The summed E-state index contributed by atoms with van der Waals surface area (Å²) in [5, 5.41) is 14.9. The maximum Gasteiger partial charge on any atom is 0.255 e. The van der Waals surface area contributed by atoms with E-state index in [0.717, 1.165) is 22.5 Å². The lowest BCUT2D eigenvalue weighted by Gasteiger charge is -2.27. The van der Waals surface area contributed by atoms with Crippen molar-refractivity contribution in [2.24, 2.45) is 4.99 Å². The van der Waals surface area contributed by atoms with Crippen LogP contribution in [-0.4, -0.2) is 65.1 Å². The summed E-state index contributed by atoms with van der Waals surface area (Å²) in [5.41, 5.74) is 4.22. The molecular weight excluding hydrogens is 344 g/mol. The van der Waals surface area contributed by atoms with Crippen molar-refractivity contribution >= 4 is 23.3 Å². The standard InChI is InChI=1S/C19H26N6O2/c1-12-7-16-17(21-8-12)14(19(27)20-5-6-26)9-25(16)10-15-13(2)18(24(3)4)23-11-22-15/h7-9,11,15,26H,5-6,10H2,1-4H3,(H,20,27)(H,22,23). The van der Waals surface area contributed by atoms with Gasteiger partial charge in [-0.1, -0.05) is 0 Å². The lowest BCUT2D eigenvalue weighted by molar-refractivity contribution is 0.0946. The molecule has 8 nitrogen and oxygen atoms in total. The number of aliphatic hydroxyl groups is 1. The van der Waals surface area contributed by atoms with Gasteiger partial charge in [-0.25, -0.2) is 0 Å². The second-order valence-corrected chi connectivity index (χ2v) is 6.92. The molecule has 0 saturated heterocycles. The van der Waals surface area contributed by atoms with Crippen molar-refractivity contribution in [2.75, 3.05) is 27.2 Å². The molecule has 1 amide bonds. The predicted octanol–water partition coefficient (Wildman–Crippen LogP) is 0.860. The van der Waals surface area contributed by atoms with Crippen molar-refractivity contribution in [3.05, 3.63) is 41.0 Å². The third-order valence-corrected chi connectivity index (χ3v) is 4.64. The number of amides is 1. The second-order valence-electron chi connectivity index (χ2n) is 6.92. The Balaban J connectivity index is 1.99. The lowest BCUT2D eigenvalue weighted by Crippen LogP contribution is -2.34. The van der Waals surface area contributed by atoms with Crippen LogP contribution in [0.5, 0.6) is 0 Å². The zero-order chi connectivity index (χ0) is 19.6. The van der Waals surface area contributed by atoms with Crippen molar-refractivity contribution in [2.45, 2.75) is 26.4 Å². The molecule has 3 heterocycles. The van der Waals surface area contributed by atoms with Gasteiger partial charge in [0.1, 0.15) is 11.3 Å². The summed E-state index contributed by atoms with van der Waals surface area (Å²) in [6, 6.07) is 2.00. The molecule has 0 aliphatic carbocycles. The number of pyridine rings is 1. The van der Waals surface area contributed by atoms with Crippen LogP contribution in [0.25, 0.3) is 11.0 Å². The molecule has 0 fully saturated rings. The normalized spacial score (nSPS) is 16.6. The topological polar surface area (TPSA) is 94.8 Å². The van der Waals surface area contributed by atoms with Crippen LogP contribution in [0.3, 0.4) is 0 Å². The monoisotopic (exact) mass is 370 g/mol. The highest BCUT2D eigenvalue weighted by molar-refractivity contribution is 6.05. The summed E-state index contributed by atoms with van der Waals surface area (Å²) in [6.07, 6.45) is 5.30. The van der Waals surface area contributed by atoms with E-state index in [1.54, 1.807) is 12.5 Å². The maximum absolute atomic E-state index is 12.5. The van der Waals surface area contributed by atoms with Crippen LogP contribution in [0, 0.1) is 6.92 Å². The Kier molecular flexibility index (Phi) is 5.46. The average molecular weight is 370 g/mol. The summed E-state index contributed by atoms with van der Waals surface area (Å²) >= 11 is 0. The molecule has 8 heteroatoms. The largest absolute Gasteiger partial charge is 0.395 e. The SMILES string of the molecule is CC1=C(N(C)C)NC=NC1Cn1cc(C(=O)NCCO)c2ncc(C)cc21. The number of carbonyl (C=O) groups is 1. The van der Waals surface area contributed by atoms with E-state index < -0.39 is 0 Å². The van der Waals surface area contributed by atoms with Gasteiger partial charge in [-0.3, -0.25) is 14.8 Å². The van der Waals surface area contributed by atoms with Gasteiger partial charge in [-0.2, -0.15) is 0 Å². The molecule has 27 heavy (non-hydrogen) atoms. The minimum absolute atomic E-state index is 0.0342. The third kappa shape index (κ3) is 3.80. The Hall–Kier alpha value is -2.87. The Bertz CT molecular complexity index is 912. The first-order chi connectivity index (χ1) is 12.9. The van der Waals surface area contributed by atoms with Crippen LogP contribution in [-0.2, 0) is 6.54 Å². The fourth-order valence-corrected chi connectivity index (χ4v) is 3.27. The van der Waals surface area contributed by atoms with E-state index in [0.29, 0.717) is 17.6 Å². The Morgan fingerprint density at radius 3 is 2.89 bits per heavy atom. The van der Waals surface area contributed by atoms with Crippen LogP contribution in [0.4, 0.5) is 0 Å². The zero-order valence-corrected chi connectivity index (χ0v) is 16.2. The first-order valence-electron chi connectivity index (χ1n) is 8.93. The fourth-order valence-electron chi connectivity index (χ4n) is 3.27. The summed E-state index contributed by atoms with van der Waals surface area (Å²) < 4.78 is 2.04. The van der Waals surface area contributed by atoms with Crippen LogP contribution in [0.1, 0.15) is 22.8 Å². The van der Waals surface area contributed by atoms with E-state index >= 15 is 0 Å². The van der Waals surface area contributed by atoms with E-state index in [-0.39, 0.29) is 25.1 Å². The van der Waals surface area contributed by atoms with Crippen molar-refractivity contribution in [1.29, 1.82) is 0 Å². The first kappa shape index (κ1) is 18.9. The fraction of sp³-hybridized carbons (Fsp3) is 0.421. The van der Waals surface area contributed by atoms with Crippen LogP contribution >= 0.6 is 0 Å². The van der Waals surface area contributed by atoms with E-state index in [2.05, 4.69) is 27.5 Å². The van der Waals surface area contributed by atoms with Crippen LogP contribution in [0.15, 0.2) is 34.8 Å². The number of carbonyl (C=O) groups excluding carboxylic acids is 1. The number of nitrogens with zero attached hydrogens (tertiary/aromatic N) is 4. The number of aliphatic hydroxyl groups excluding tert-OH is 1. The van der Waals surface area contributed by atoms with E-state index in [1.807, 2.05) is 42.7 Å². The summed E-state index contributed by atoms with van der Waals surface area (Å²) in [4.78, 5) is 23.6. The highest BCUT2D eigenvalue weighted by Gasteiger charge is 2.22. The Labute approximate surface area is 158 Å². The predicted molar refractivity (Wildman–Crippen MR) is 106 cm³/mol. The van der Waals surface area contributed by atoms with Crippen LogP contribution < -0.4 is 10.6 Å². The quantitative estimate of drug-likeness (QED) is 0.701. The summed E-state index contributed by atoms with van der Waals surface area (Å²) in [7, 11) is 3.98. The van der Waals surface area contributed by atoms with E-state index in [9.17, 15) is 4.79 Å². The number of aliphatic imine (C=N–C) groups is 1. The number of aromatic nitrogens is 2. The molecule has 0 spiro atoms. The molecule has 1 aliphatic rings. The van der Waals surface area contributed by atoms with Gasteiger partial charge >= 0.3 is 0 Å². The van der Waals surface area contributed by atoms with Gasteiger partial charge in [0.2, 0.25) is 0 Å². The smallest absolute Gasteiger partial charge is 0.255 e. The molecular formula is C19H26N6O2. The van der Waals surface area contributed by atoms with E-state index in [1.165, 1.54) is 0 Å². The van der Waals surface area contributed by atoms with Crippen molar-refractivity contribution in [3.8, 4) is 0 Å². The minimum Gasteiger partial charge on any atom is -0.395 e. The van der Waals surface area contributed by atoms with Crippen molar-refractivity contribution in [1.82, 2.24) is 25.1 Å². The van der Waals surface area contributed by atoms with Gasteiger partial charge in [0.25, 0.3) is 5.91 Å². The molecule has 0 aromatic carbocycles. The van der Waals surface area contributed by atoms with Gasteiger partial charge < -0.3 is 25.2 Å². The molecule has 144 valence electrons. The molecule has 3 rings (SSSR count). The van der Waals surface area contributed by atoms with Gasteiger partial charge in [0, 0.05) is 39.6 Å². The maximum atomic E-state index is 12.5. The Morgan fingerprint density at radius 1 is 1.41 bits per heavy atom. The zero-order valence-electron chi connectivity index (χ0n) is 16.2. The first-order valence-corrected chi connectivity index (χ1v) is 8.93. The number of fused-ring (bicyclic) bond motifs is 1. The van der Waals surface area contributed by atoms with Gasteiger partial charge in [-0.15, -0.1) is 0 Å². The average Bonchev–Trinajstić information content (AvgIpc) is 2.99. The molecule has 0 bridgehead atoms. The third-order valence-electron chi connectivity index (χ3n) is 4.64. The number of rotatable bonds is 6. The summed E-state index contributed by atoms with van der Waals surface area (Å²) in [6.45, 7) is 4.76. The molecule has 1 unspecified atom stereocenters. The number of aryl methyl sites for hydroxylation is 1. The molecule has 0 saturated carbocycles. The van der Waals surface area contributed by atoms with Gasteiger partial charge in [0.05, 0.1) is 30.1 Å². The second kappa shape index (κ2) is 7.79. The van der Waals surface area contributed by atoms with Crippen molar-refractivity contribution in [3.63, 3.8) is 0 Å². The highest BCUT2D eigenvalue weighted by Crippen LogP contribution is 2.24. The summed E-state index contributed by atoms with van der Waals surface area (Å²) in [5.74, 6) is 0.792.